The van der Waals surface area contributed by atoms with Crippen LogP contribution in [-0.4, -0.2) is 77.3 Å². The predicted molar refractivity (Wildman–Crippen MR) is 230 cm³/mol. The summed E-state index contributed by atoms with van der Waals surface area (Å²) in [6.07, 6.45) is 12.3. The lowest BCUT2D eigenvalue weighted by Gasteiger charge is -2.17. The highest BCUT2D eigenvalue weighted by molar-refractivity contribution is 6.21. The standard InChI is InChI=1S/C24H19N5O3.C22H19N7O/c30-22-17-4-1-2-5-18(17)23(31)29(22)15-10-20-27-21-19(6-3-11-26-21)24(32)28(20)14-9-16-7-12-25-13-8-16;30-22-17-4-3-11-24-21(17)25-20(28(22)14-9-16-7-12-23-13-8-16)10-15-29-19-6-2-1-5-18(19)26-27-29/h1-8,11-13H,9-10,14-15H2;1-8,11-13H,9-10,14-15H2. The zero-order chi connectivity index (χ0) is 42.4. The van der Waals surface area contributed by atoms with Gasteiger partial charge in [-0.05, 0) is 96.8 Å². The average molecular weight is 823 g/mol. The van der Waals surface area contributed by atoms with E-state index in [4.69, 9.17) is 4.98 Å². The summed E-state index contributed by atoms with van der Waals surface area (Å²) >= 11 is 0. The van der Waals surface area contributed by atoms with Gasteiger partial charge in [-0.1, -0.05) is 29.5 Å². The molecule has 0 saturated carbocycles. The fourth-order valence-electron chi connectivity index (χ4n) is 7.56. The number of para-hydroxylation sites is 1. The van der Waals surface area contributed by atoms with Crippen LogP contribution in [-0.2, 0) is 45.3 Å². The quantitative estimate of drug-likeness (QED) is 0.155. The second-order valence-corrected chi connectivity index (χ2v) is 14.5. The van der Waals surface area contributed by atoms with Crippen LogP contribution in [0, 0.1) is 0 Å². The molecular formula is C46H38N12O4. The van der Waals surface area contributed by atoms with Crippen molar-refractivity contribution < 1.29 is 9.59 Å². The molecule has 0 atom stereocenters. The molecule has 0 unspecified atom stereocenters. The number of nitrogens with zero attached hydrogens (tertiary/aromatic N) is 12. The summed E-state index contributed by atoms with van der Waals surface area (Å²) in [6.45, 7) is 1.65. The Labute approximate surface area is 353 Å². The van der Waals surface area contributed by atoms with Crippen LogP contribution in [0.2, 0.25) is 0 Å². The Morgan fingerprint density at radius 2 is 0.968 bits per heavy atom. The number of benzene rings is 2. The molecule has 1 aliphatic rings. The number of pyridine rings is 4. The minimum absolute atomic E-state index is 0.0689. The van der Waals surface area contributed by atoms with Gasteiger partial charge in [-0.25, -0.2) is 24.6 Å². The van der Waals surface area contributed by atoms with Crippen molar-refractivity contribution in [2.75, 3.05) is 6.54 Å². The highest BCUT2D eigenvalue weighted by Gasteiger charge is 2.35. The first-order valence-electron chi connectivity index (χ1n) is 20.1. The largest absolute Gasteiger partial charge is 0.296 e. The van der Waals surface area contributed by atoms with Crippen LogP contribution in [0.25, 0.3) is 33.1 Å². The van der Waals surface area contributed by atoms with Gasteiger partial charge in [0.25, 0.3) is 22.9 Å². The van der Waals surface area contributed by atoms with Crippen molar-refractivity contribution in [1.82, 2.24) is 58.9 Å². The Bertz CT molecular complexity index is 3170. The number of aromatic nitrogens is 11. The molecule has 62 heavy (non-hydrogen) atoms. The molecule has 8 heterocycles. The van der Waals surface area contributed by atoms with E-state index in [-0.39, 0.29) is 35.9 Å². The molecule has 2 amide bonds. The molecule has 0 saturated heterocycles. The third-order valence-corrected chi connectivity index (χ3v) is 10.8. The smallest absolute Gasteiger partial charge is 0.263 e. The SMILES string of the molecule is O=C1c2ccccc2C(=O)N1CCc1nc2ncccc2c(=O)n1CCc1ccncc1.O=c1c2cccnc2nc(CCn2nnc3ccccc32)n1CCc1ccncc1. The van der Waals surface area contributed by atoms with Crippen LogP contribution in [0.3, 0.4) is 0 Å². The molecule has 0 N–H and O–H groups in total. The molecular weight excluding hydrogens is 785 g/mol. The number of amides is 2. The Morgan fingerprint density at radius 3 is 1.52 bits per heavy atom. The van der Waals surface area contributed by atoms with Crippen LogP contribution in [0.4, 0.5) is 0 Å². The van der Waals surface area contributed by atoms with E-state index < -0.39 is 0 Å². The number of rotatable bonds is 12. The monoisotopic (exact) mass is 822 g/mol. The molecule has 10 rings (SSSR count). The van der Waals surface area contributed by atoms with Crippen LogP contribution in [0.1, 0.15) is 43.5 Å². The fourth-order valence-corrected chi connectivity index (χ4v) is 7.56. The van der Waals surface area contributed by atoms with Crippen LogP contribution < -0.4 is 11.1 Å². The molecule has 0 spiro atoms. The van der Waals surface area contributed by atoms with Crippen molar-refractivity contribution in [2.45, 2.75) is 45.3 Å². The van der Waals surface area contributed by atoms with E-state index in [1.165, 1.54) is 4.90 Å². The van der Waals surface area contributed by atoms with E-state index in [0.29, 0.717) is 77.3 Å². The lowest BCUT2D eigenvalue weighted by molar-refractivity contribution is 0.0655. The zero-order valence-corrected chi connectivity index (χ0v) is 33.4. The van der Waals surface area contributed by atoms with Crippen molar-refractivity contribution in [3.63, 3.8) is 0 Å². The van der Waals surface area contributed by atoms with Gasteiger partial charge in [0.05, 0.1) is 34.0 Å². The van der Waals surface area contributed by atoms with Gasteiger partial charge in [0.1, 0.15) is 17.2 Å². The molecule has 9 aromatic rings. The number of imide groups is 1. The molecule has 306 valence electrons. The molecule has 0 fully saturated rings. The summed E-state index contributed by atoms with van der Waals surface area (Å²) in [5, 5.41) is 9.42. The molecule has 0 aliphatic carbocycles. The summed E-state index contributed by atoms with van der Waals surface area (Å²) < 4.78 is 5.21. The third-order valence-electron chi connectivity index (χ3n) is 10.8. The zero-order valence-electron chi connectivity index (χ0n) is 33.4. The van der Waals surface area contributed by atoms with Gasteiger partial charge in [0.15, 0.2) is 11.3 Å². The predicted octanol–water partition coefficient (Wildman–Crippen LogP) is 4.68. The van der Waals surface area contributed by atoms with E-state index in [2.05, 4.69) is 35.2 Å². The highest BCUT2D eigenvalue weighted by Crippen LogP contribution is 2.23. The summed E-state index contributed by atoms with van der Waals surface area (Å²) in [5.74, 6) is 0.539. The number of carbonyl (C=O) groups is 2. The van der Waals surface area contributed by atoms with E-state index >= 15 is 0 Å². The van der Waals surface area contributed by atoms with Gasteiger partial charge in [0.2, 0.25) is 0 Å². The Kier molecular flexibility index (Phi) is 11.2. The van der Waals surface area contributed by atoms with Crippen molar-refractivity contribution in [3.05, 3.63) is 189 Å². The van der Waals surface area contributed by atoms with Gasteiger partial charge < -0.3 is 0 Å². The van der Waals surface area contributed by atoms with Gasteiger partial charge in [-0.2, -0.15) is 0 Å². The second kappa shape index (κ2) is 17.6. The van der Waals surface area contributed by atoms with E-state index in [1.54, 1.807) is 94.8 Å². The Hall–Kier alpha value is -8.14. The van der Waals surface area contributed by atoms with Crippen LogP contribution in [0.15, 0.2) is 144 Å². The molecule has 2 aromatic carbocycles. The van der Waals surface area contributed by atoms with E-state index in [0.717, 1.165) is 28.6 Å². The van der Waals surface area contributed by atoms with Crippen molar-refractivity contribution in [2.24, 2.45) is 0 Å². The normalized spacial score (nSPS) is 12.2. The van der Waals surface area contributed by atoms with Gasteiger partial charge in [-0.15, -0.1) is 5.10 Å². The molecule has 16 nitrogen and oxygen atoms in total. The minimum Gasteiger partial charge on any atom is -0.296 e. The summed E-state index contributed by atoms with van der Waals surface area (Å²) in [7, 11) is 0. The summed E-state index contributed by atoms with van der Waals surface area (Å²) in [6, 6.07) is 29.3. The summed E-state index contributed by atoms with van der Waals surface area (Å²) in [5.41, 5.74) is 5.36. The maximum absolute atomic E-state index is 13.2. The first-order valence-corrected chi connectivity index (χ1v) is 20.1. The highest BCUT2D eigenvalue weighted by atomic mass is 16.2. The van der Waals surface area contributed by atoms with E-state index in [1.807, 2.05) is 53.2 Å². The number of hydrogen-bond donors (Lipinski definition) is 0. The Balaban J connectivity index is 0.000000158. The van der Waals surface area contributed by atoms with Gasteiger partial charge in [-0.3, -0.25) is 43.2 Å². The van der Waals surface area contributed by atoms with Crippen LogP contribution in [0.5, 0.6) is 0 Å². The molecule has 16 heteroatoms. The molecule has 1 aliphatic heterocycles. The lowest BCUT2D eigenvalue weighted by atomic mass is 10.1. The molecule has 7 aromatic heterocycles. The number of fused-ring (bicyclic) bond motifs is 4. The average Bonchev–Trinajstić information content (AvgIpc) is 3.84. The fraction of sp³-hybridized carbons (Fsp3) is 0.174. The Morgan fingerprint density at radius 1 is 0.468 bits per heavy atom. The third kappa shape index (κ3) is 8.08. The van der Waals surface area contributed by atoms with Crippen LogP contribution >= 0.6 is 0 Å². The van der Waals surface area contributed by atoms with Crippen molar-refractivity contribution in [1.29, 1.82) is 0 Å². The maximum atomic E-state index is 13.2. The maximum Gasteiger partial charge on any atom is 0.263 e. The number of aryl methyl sites for hydroxylation is 4. The lowest BCUT2D eigenvalue weighted by Crippen LogP contribution is -2.34. The van der Waals surface area contributed by atoms with Gasteiger partial charge >= 0.3 is 0 Å². The first kappa shape index (κ1) is 39.3. The number of carbonyl (C=O) groups excluding carboxylic acids is 2. The molecule has 0 radical (unpaired) electrons. The number of hydrogen-bond acceptors (Lipinski definition) is 12. The first-order chi connectivity index (χ1) is 30.4. The second-order valence-electron chi connectivity index (χ2n) is 14.5. The van der Waals surface area contributed by atoms with Crippen molar-refractivity contribution in [3.8, 4) is 0 Å². The topological polar surface area (TPSA) is 189 Å². The summed E-state index contributed by atoms with van der Waals surface area (Å²) in [4.78, 5) is 78.9. The van der Waals surface area contributed by atoms with Crippen molar-refractivity contribution >= 4 is 44.9 Å². The molecule has 0 bridgehead atoms. The minimum atomic E-state index is -0.324. The van der Waals surface area contributed by atoms with Gasteiger partial charge in [0, 0.05) is 69.7 Å². The van der Waals surface area contributed by atoms with E-state index in [9.17, 15) is 19.2 Å².